The highest BCUT2D eigenvalue weighted by Gasteiger charge is 2.26. The number of aliphatic hydroxyl groups excluding tert-OH is 1. The van der Waals surface area contributed by atoms with E-state index in [0.29, 0.717) is 6.04 Å². The summed E-state index contributed by atoms with van der Waals surface area (Å²) in [6.45, 7) is 11.2. The standard InChI is InChI=1S/C13H27N3O/c1-3-11(2)16-6-4-15(5-7-16)10-12-8-13(17)9-14-12/h11-14,17H,3-10H2,1-2H3. The highest BCUT2D eigenvalue weighted by Crippen LogP contribution is 2.12. The van der Waals surface area contributed by atoms with Crippen LogP contribution in [0.1, 0.15) is 26.7 Å². The Balaban J connectivity index is 1.68. The van der Waals surface area contributed by atoms with Crippen molar-refractivity contribution in [3.8, 4) is 0 Å². The molecular weight excluding hydrogens is 214 g/mol. The molecule has 4 nitrogen and oxygen atoms in total. The van der Waals surface area contributed by atoms with Crippen molar-refractivity contribution in [2.24, 2.45) is 0 Å². The van der Waals surface area contributed by atoms with Gasteiger partial charge >= 0.3 is 0 Å². The fourth-order valence-corrected chi connectivity index (χ4v) is 2.89. The van der Waals surface area contributed by atoms with Crippen LogP contribution in [-0.2, 0) is 0 Å². The smallest absolute Gasteiger partial charge is 0.0680 e. The van der Waals surface area contributed by atoms with Crippen molar-refractivity contribution in [3.05, 3.63) is 0 Å². The van der Waals surface area contributed by atoms with Gasteiger partial charge in [-0.25, -0.2) is 0 Å². The zero-order valence-electron chi connectivity index (χ0n) is 11.2. The molecule has 2 aliphatic rings. The Morgan fingerprint density at radius 1 is 1.29 bits per heavy atom. The summed E-state index contributed by atoms with van der Waals surface area (Å²) >= 11 is 0. The van der Waals surface area contributed by atoms with E-state index in [4.69, 9.17) is 0 Å². The molecule has 0 aromatic rings. The number of piperazine rings is 1. The van der Waals surface area contributed by atoms with E-state index in [1.165, 1.54) is 32.6 Å². The van der Waals surface area contributed by atoms with Crippen LogP contribution in [0.2, 0.25) is 0 Å². The first-order chi connectivity index (χ1) is 8.19. The Bertz CT molecular complexity index is 229. The summed E-state index contributed by atoms with van der Waals surface area (Å²) in [7, 11) is 0. The average Bonchev–Trinajstić information content (AvgIpc) is 2.75. The van der Waals surface area contributed by atoms with Crippen LogP contribution in [0.3, 0.4) is 0 Å². The molecule has 2 saturated heterocycles. The molecule has 0 aromatic heterocycles. The largest absolute Gasteiger partial charge is 0.392 e. The zero-order valence-corrected chi connectivity index (χ0v) is 11.2. The van der Waals surface area contributed by atoms with Gasteiger partial charge in [-0.2, -0.15) is 0 Å². The van der Waals surface area contributed by atoms with Crippen molar-refractivity contribution in [1.82, 2.24) is 15.1 Å². The van der Waals surface area contributed by atoms with Gasteiger partial charge in [0.25, 0.3) is 0 Å². The van der Waals surface area contributed by atoms with Gasteiger partial charge in [0.05, 0.1) is 6.10 Å². The van der Waals surface area contributed by atoms with Gasteiger partial charge in [0.1, 0.15) is 0 Å². The molecule has 0 aliphatic carbocycles. The van der Waals surface area contributed by atoms with Crippen LogP contribution < -0.4 is 5.32 Å². The number of aliphatic hydroxyl groups is 1. The highest BCUT2D eigenvalue weighted by atomic mass is 16.3. The van der Waals surface area contributed by atoms with E-state index in [1.807, 2.05) is 0 Å². The van der Waals surface area contributed by atoms with E-state index < -0.39 is 0 Å². The third-order valence-corrected chi connectivity index (χ3v) is 4.30. The zero-order chi connectivity index (χ0) is 12.3. The molecule has 0 saturated carbocycles. The summed E-state index contributed by atoms with van der Waals surface area (Å²) in [5.41, 5.74) is 0. The molecule has 2 N–H and O–H groups in total. The minimum Gasteiger partial charge on any atom is -0.392 e. The highest BCUT2D eigenvalue weighted by molar-refractivity contribution is 4.85. The Hall–Kier alpha value is -0.160. The molecule has 2 aliphatic heterocycles. The molecule has 2 rings (SSSR count). The molecule has 0 aromatic carbocycles. The maximum absolute atomic E-state index is 9.49. The summed E-state index contributed by atoms with van der Waals surface area (Å²) in [5, 5.41) is 12.9. The molecule has 0 amide bonds. The van der Waals surface area contributed by atoms with Crippen LogP contribution >= 0.6 is 0 Å². The average molecular weight is 241 g/mol. The predicted molar refractivity (Wildman–Crippen MR) is 70.2 cm³/mol. The Kier molecular flexibility index (Phi) is 4.79. The van der Waals surface area contributed by atoms with Crippen molar-refractivity contribution in [2.75, 3.05) is 39.3 Å². The number of nitrogens with one attached hydrogen (secondary N) is 1. The topological polar surface area (TPSA) is 38.7 Å². The van der Waals surface area contributed by atoms with E-state index in [9.17, 15) is 5.11 Å². The van der Waals surface area contributed by atoms with Crippen LogP contribution in [0.4, 0.5) is 0 Å². The Morgan fingerprint density at radius 3 is 2.53 bits per heavy atom. The number of nitrogens with zero attached hydrogens (tertiary/aromatic N) is 2. The van der Waals surface area contributed by atoms with Gasteiger partial charge in [0.15, 0.2) is 0 Å². The third kappa shape index (κ3) is 3.65. The normalized spacial score (nSPS) is 34.1. The molecule has 4 heteroatoms. The summed E-state index contributed by atoms with van der Waals surface area (Å²) in [6.07, 6.45) is 2.04. The second-order valence-electron chi connectivity index (χ2n) is 5.59. The predicted octanol–water partition coefficient (Wildman–Crippen LogP) is 0.125. The van der Waals surface area contributed by atoms with Gasteiger partial charge in [-0.3, -0.25) is 9.80 Å². The first-order valence-corrected chi connectivity index (χ1v) is 7.07. The number of β-amino-alcohol motifs (C(OH)–C–C–N with tert-alkyl or cyclic N) is 1. The third-order valence-electron chi connectivity index (χ3n) is 4.30. The lowest BCUT2D eigenvalue weighted by molar-refractivity contribution is 0.0940. The van der Waals surface area contributed by atoms with Gasteiger partial charge in [-0.15, -0.1) is 0 Å². The van der Waals surface area contributed by atoms with Gasteiger partial charge in [-0.1, -0.05) is 6.92 Å². The minimum atomic E-state index is -0.124. The van der Waals surface area contributed by atoms with Crippen molar-refractivity contribution >= 4 is 0 Å². The monoisotopic (exact) mass is 241 g/mol. The molecule has 3 atom stereocenters. The molecule has 0 spiro atoms. The van der Waals surface area contributed by atoms with Crippen molar-refractivity contribution < 1.29 is 5.11 Å². The van der Waals surface area contributed by atoms with Crippen molar-refractivity contribution in [3.63, 3.8) is 0 Å². The summed E-state index contributed by atoms with van der Waals surface area (Å²) in [5.74, 6) is 0. The molecule has 3 unspecified atom stereocenters. The maximum Gasteiger partial charge on any atom is 0.0680 e. The van der Waals surface area contributed by atoms with E-state index in [1.54, 1.807) is 0 Å². The quantitative estimate of drug-likeness (QED) is 0.734. The Labute approximate surface area is 105 Å². The summed E-state index contributed by atoms with van der Waals surface area (Å²) in [4.78, 5) is 5.13. The molecule has 100 valence electrons. The van der Waals surface area contributed by atoms with E-state index in [2.05, 4.69) is 29.0 Å². The van der Waals surface area contributed by atoms with E-state index >= 15 is 0 Å². The van der Waals surface area contributed by atoms with Gasteiger partial charge in [0, 0.05) is 51.4 Å². The fraction of sp³-hybridized carbons (Fsp3) is 1.00. The molecule has 0 bridgehead atoms. The van der Waals surface area contributed by atoms with Crippen molar-refractivity contribution in [1.29, 1.82) is 0 Å². The molecule has 2 heterocycles. The number of rotatable bonds is 4. The lowest BCUT2D eigenvalue weighted by atomic mass is 10.1. The number of hydrogen-bond acceptors (Lipinski definition) is 4. The first-order valence-electron chi connectivity index (χ1n) is 7.07. The van der Waals surface area contributed by atoms with Crippen LogP contribution in [0.5, 0.6) is 0 Å². The molecule has 2 fully saturated rings. The van der Waals surface area contributed by atoms with Gasteiger partial charge < -0.3 is 10.4 Å². The second-order valence-corrected chi connectivity index (χ2v) is 5.59. The summed E-state index contributed by atoms with van der Waals surface area (Å²) < 4.78 is 0. The fourth-order valence-electron chi connectivity index (χ4n) is 2.89. The molecule has 0 radical (unpaired) electrons. The van der Waals surface area contributed by atoms with Gasteiger partial charge in [-0.05, 0) is 19.8 Å². The Morgan fingerprint density at radius 2 is 2.00 bits per heavy atom. The SMILES string of the molecule is CCC(C)N1CCN(CC2CC(O)CN2)CC1. The van der Waals surface area contributed by atoms with E-state index in [-0.39, 0.29) is 6.10 Å². The lowest BCUT2D eigenvalue weighted by Gasteiger charge is -2.38. The van der Waals surface area contributed by atoms with Crippen LogP contribution in [-0.4, -0.2) is 72.4 Å². The van der Waals surface area contributed by atoms with Gasteiger partial charge in [0.2, 0.25) is 0 Å². The maximum atomic E-state index is 9.49. The van der Waals surface area contributed by atoms with Crippen molar-refractivity contribution in [2.45, 2.75) is 44.9 Å². The lowest BCUT2D eigenvalue weighted by Crippen LogP contribution is -2.51. The van der Waals surface area contributed by atoms with E-state index in [0.717, 1.165) is 25.6 Å². The molecular formula is C13H27N3O. The number of hydrogen-bond donors (Lipinski definition) is 2. The first kappa shape index (κ1) is 13.3. The minimum absolute atomic E-state index is 0.124. The second kappa shape index (κ2) is 6.14. The van der Waals surface area contributed by atoms with Crippen LogP contribution in [0.15, 0.2) is 0 Å². The van der Waals surface area contributed by atoms with Crippen LogP contribution in [0.25, 0.3) is 0 Å². The van der Waals surface area contributed by atoms with Crippen LogP contribution in [0, 0.1) is 0 Å². The molecule has 17 heavy (non-hydrogen) atoms. The summed E-state index contributed by atoms with van der Waals surface area (Å²) in [6, 6.07) is 1.23.